The second kappa shape index (κ2) is 9.11. The molecule has 1 aromatic heterocycles. The number of nitrogens with zero attached hydrogens (tertiary/aromatic N) is 3. The summed E-state index contributed by atoms with van der Waals surface area (Å²) in [7, 11) is 0. The number of rotatable bonds is 3. The van der Waals surface area contributed by atoms with Gasteiger partial charge < -0.3 is 15.6 Å². The molecule has 0 saturated heterocycles. The van der Waals surface area contributed by atoms with Gasteiger partial charge in [-0.2, -0.15) is 0 Å². The molecule has 0 bridgehead atoms. The van der Waals surface area contributed by atoms with Crippen molar-refractivity contribution in [2.45, 2.75) is 38.8 Å². The van der Waals surface area contributed by atoms with Crippen molar-refractivity contribution < 1.29 is 4.79 Å². The number of halogens is 3. The number of nitrogens with two attached hydrogens (primary N) is 1. The highest BCUT2D eigenvalue weighted by Crippen LogP contribution is 2.19. The number of anilines is 1. The van der Waals surface area contributed by atoms with E-state index in [1.807, 2.05) is 0 Å². The monoisotopic (exact) mass is 391 g/mol. The predicted octanol–water partition coefficient (Wildman–Crippen LogP) is 3.01. The Kier molecular flexibility index (Phi) is 7.79. The van der Waals surface area contributed by atoms with Crippen LogP contribution in [0.1, 0.15) is 41.3 Å². The van der Waals surface area contributed by atoms with E-state index in [0.29, 0.717) is 22.8 Å². The fraction of sp³-hybridized carbons (Fsp3) is 0.400. The van der Waals surface area contributed by atoms with Gasteiger partial charge in [0.05, 0.1) is 17.1 Å². The third-order valence-corrected chi connectivity index (χ3v) is 4.14. The van der Waals surface area contributed by atoms with E-state index >= 15 is 0 Å². The Balaban J connectivity index is 0.00000144. The molecule has 0 fully saturated rings. The van der Waals surface area contributed by atoms with Gasteiger partial charge in [-0.3, -0.25) is 4.79 Å². The van der Waals surface area contributed by atoms with Crippen LogP contribution in [0.15, 0.2) is 18.2 Å². The molecule has 0 atom stereocenters. The number of hydrogen-bond acceptors (Lipinski definition) is 4. The van der Waals surface area contributed by atoms with Crippen molar-refractivity contribution in [2.75, 3.05) is 5.73 Å². The van der Waals surface area contributed by atoms with Crippen molar-refractivity contribution in [3.05, 3.63) is 40.4 Å². The zero-order valence-corrected chi connectivity index (χ0v) is 15.4. The maximum atomic E-state index is 12.2. The summed E-state index contributed by atoms with van der Waals surface area (Å²) >= 11 is 6.05. The molecule has 0 spiro atoms. The Bertz CT molecular complexity index is 704. The maximum Gasteiger partial charge on any atom is 0.253 e. The van der Waals surface area contributed by atoms with Gasteiger partial charge in [0.2, 0.25) is 0 Å². The SMILES string of the molecule is Cl.Cl.Nc1ccc(C(=O)NCc2nnc3n2CCCCC3)c(Cl)c1. The van der Waals surface area contributed by atoms with E-state index in [1.54, 1.807) is 18.2 Å². The molecule has 0 aliphatic carbocycles. The standard InChI is InChI=1S/C15H18ClN5O.2ClH/c16-12-8-10(17)5-6-11(12)15(22)18-9-14-20-19-13-4-2-1-3-7-21(13)14;;/h5-6,8H,1-4,7,9,17H2,(H,18,22);2*1H. The Labute approximate surface area is 158 Å². The van der Waals surface area contributed by atoms with Crippen LogP contribution >= 0.6 is 36.4 Å². The number of fused-ring (bicyclic) bond motifs is 1. The van der Waals surface area contributed by atoms with E-state index in [0.717, 1.165) is 37.5 Å². The van der Waals surface area contributed by atoms with Crippen LogP contribution in [0, 0.1) is 0 Å². The fourth-order valence-electron chi connectivity index (χ4n) is 2.65. The lowest BCUT2D eigenvalue weighted by Crippen LogP contribution is -2.25. The van der Waals surface area contributed by atoms with Gasteiger partial charge in [-0.25, -0.2) is 0 Å². The number of hydrogen-bond donors (Lipinski definition) is 2. The minimum atomic E-state index is -0.240. The number of nitrogen functional groups attached to an aromatic ring is 1. The number of nitrogens with one attached hydrogen (secondary N) is 1. The van der Waals surface area contributed by atoms with Crippen LogP contribution in [0.2, 0.25) is 5.02 Å². The average molecular weight is 393 g/mol. The number of aryl methyl sites for hydroxylation is 1. The van der Waals surface area contributed by atoms with E-state index in [2.05, 4.69) is 20.1 Å². The molecule has 9 heteroatoms. The molecule has 1 aromatic carbocycles. The van der Waals surface area contributed by atoms with Gasteiger partial charge in [-0.1, -0.05) is 18.0 Å². The molecule has 0 unspecified atom stereocenters. The van der Waals surface area contributed by atoms with Crippen LogP contribution < -0.4 is 11.1 Å². The number of aromatic nitrogens is 3. The number of carbonyl (C=O) groups is 1. The van der Waals surface area contributed by atoms with Gasteiger partial charge in [0, 0.05) is 18.7 Å². The number of benzene rings is 1. The van der Waals surface area contributed by atoms with Gasteiger partial charge in [-0.15, -0.1) is 35.0 Å². The summed E-state index contributed by atoms with van der Waals surface area (Å²) in [5.41, 5.74) is 6.57. The summed E-state index contributed by atoms with van der Waals surface area (Å²) in [6, 6.07) is 4.85. The smallest absolute Gasteiger partial charge is 0.253 e. The van der Waals surface area contributed by atoms with Crippen molar-refractivity contribution in [1.82, 2.24) is 20.1 Å². The highest BCUT2D eigenvalue weighted by molar-refractivity contribution is 6.34. The second-order valence-corrected chi connectivity index (χ2v) is 5.82. The molecule has 132 valence electrons. The molecular formula is C15H20Cl3N5O. The van der Waals surface area contributed by atoms with E-state index < -0.39 is 0 Å². The van der Waals surface area contributed by atoms with Gasteiger partial charge >= 0.3 is 0 Å². The van der Waals surface area contributed by atoms with Gasteiger partial charge in [0.1, 0.15) is 5.82 Å². The first-order valence-corrected chi connectivity index (χ1v) is 7.77. The van der Waals surface area contributed by atoms with Crippen LogP contribution in [-0.2, 0) is 19.5 Å². The Hall–Kier alpha value is -1.50. The molecule has 0 saturated carbocycles. The van der Waals surface area contributed by atoms with Crippen LogP contribution in [0.3, 0.4) is 0 Å². The van der Waals surface area contributed by atoms with Crippen molar-refractivity contribution in [2.24, 2.45) is 0 Å². The minimum absolute atomic E-state index is 0. The van der Waals surface area contributed by atoms with Crippen molar-refractivity contribution in [1.29, 1.82) is 0 Å². The Morgan fingerprint density at radius 3 is 2.79 bits per heavy atom. The molecule has 3 N–H and O–H groups in total. The zero-order valence-electron chi connectivity index (χ0n) is 13.0. The van der Waals surface area contributed by atoms with Crippen LogP contribution in [0.4, 0.5) is 5.69 Å². The lowest BCUT2D eigenvalue weighted by Gasteiger charge is -2.09. The van der Waals surface area contributed by atoms with Crippen molar-refractivity contribution in [3.63, 3.8) is 0 Å². The summed E-state index contributed by atoms with van der Waals surface area (Å²) in [6.45, 7) is 1.25. The molecule has 2 heterocycles. The van der Waals surface area contributed by atoms with Crippen LogP contribution in [-0.4, -0.2) is 20.7 Å². The summed E-state index contributed by atoms with van der Waals surface area (Å²) in [4.78, 5) is 12.2. The van der Waals surface area contributed by atoms with Crippen molar-refractivity contribution in [3.8, 4) is 0 Å². The molecule has 6 nitrogen and oxygen atoms in total. The third kappa shape index (κ3) is 4.53. The summed E-state index contributed by atoms with van der Waals surface area (Å²) in [6.07, 6.45) is 4.42. The number of carbonyl (C=O) groups excluding carboxylic acids is 1. The molecule has 1 aliphatic rings. The van der Waals surface area contributed by atoms with Crippen LogP contribution in [0.5, 0.6) is 0 Å². The molecule has 1 amide bonds. The zero-order chi connectivity index (χ0) is 15.5. The first kappa shape index (κ1) is 20.5. The van der Waals surface area contributed by atoms with Crippen molar-refractivity contribution >= 4 is 48.0 Å². The maximum absolute atomic E-state index is 12.2. The summed E-state index contributed by atoms with van der Waals surface area (Å²) in [5, 5.41) is 11.6. The predicted molar refractivity (Wildman–Crippen MR) is 99.1 cm³/mol. The summed E-state index contributed by atoms with van der Waals surface area (Å²) < 4.78 is 2.11. The lowest BCUT2D eigenvalue weighted by molar-refractivity contribution is 0.0949. The topological polar surface area (TPSA) is 85.8 Å². The minimum Gasteiger partial charge on any atom is -0.399 e. The molecule has 24 heavy (non-hydrogen) atoms. The third-order valence-electron chi connectivity index (χ3n) is 3.83. The second-order valence-electron chi connectivity index (χ2n) is 5.42. The normalized spacial score (nSPS) is 13.0. The summed E-state index contributed by atoms with van der Waals surface area (Å²) in [5.74, 6) is 1.56. The van der Waals surface area contributed by atoms with E-state index in [9.17, 15) is 4.79 Å². The highest BCUT2D eigenvalue weighted by Gasteiger charge is 2.16. The first-order chi connectivity index (χ1) is 10.6. The lowest BCUT2D eigenvalue weighted by atomic mass is 10.2. The van der Waals surface area contributed by atoms with Crippen LogP contribution in [0.25, 0.3) is 0 Å². The van der Waals surface area contributed by atoms with E-state index in [4.69, 9.17) is 17.3 Å². The Morgan fingerprint density at radius 1 is 1.25 bits per heavy atom. The molecule has 0 radical (unpaired) electrons. The highest BCUT2D eigenvalue weighted by atomic mass is 35.5. The van der Waals surface area contributed by atoms with Gasteiger partial charge in [0.15, 0.2) is 5.82 Å². The number of amides is 1. The van der Waals surface area contributed by atoms with Gasteiger partial charge in [0.25, 0.3) is 5.91 Å². The molecule has 1 aliphatic heterocycles. The largest absolute Gasteiger partial charge is 0.399 e. The fourth-order valence-corrected chi connectivity index (χ4v) is 2.92. The van der Waals surface area contributed by atoms with Gasteiger partial charge in [-0.05, 0) is 31.0 Å². The quantitative estimate of drug-likeness (QED) is 0.786. The van der Waals surface area contributed by atoms with E-state index in [-0.39, 0.29) is 30.7 Å². The van der Waals surface area contributed by atoms with E-state index in [1.165, 1.54) is 6.42 Å². The molecule has 2 aromatic rings. The molecular weight excluding hydrogens is 373 g/mol. The Morgan fingerprint density at radius 2 is 2.04 bits per heavy atom. The average Bonchev–Trinajstić information content (AvgIpc) is 2.72. The molecule has 3 rings (SSSR count). The first-order valence-electron chi connectivity index (χ1n) is 7.39.